The molecule has 1 amide bonds. The maximum atomic E-state index is 13.6. The van der Waals surface area contributed by atoms with Gasteiger partial charge in [-0.25, -0.2) is 14.0 Å². The number of rotatable bonds is 6. The van der Waals surface area contributed by atoms with Crippen LogP contribution in [0.15, 0.2) is 65.1 Å². The lowest BCUT2D eigenvalue weighted by Gasteiger charge is -2.30. The predicted octanol–water partition coefficient (Wildman–Crippen LogP) is 4.76. The summed E-state index contributed by atoms with van der Waals surface area (Å²) >= 11 is 0. The van der Waals surface area contributed by atoms with Gasteiger partial charge in [-0.05, 0) is 48.0 Å². The van der Waals surface area contributed by atoms with E-state index in [0.717, 1.165) is 11.3 Å². The number of hydrogen-bond donors (Lipinski definition) is 1. The molecular formula is C28H22FN3O6. The highest BCUT2D eigenvalue weighted by Crippen LogP contribution is 2.41. The summed E-state index contributed by atoms with van der Waals surface area (Å²) in [6, 6.07) is 17.9. The maximum absolute atomic E-state index is 13.6. The monoisotopic (exact) mass is 515 g/mol. The molecule has 38 heavy (non-hydrogen) atoms. The molecule has 0 aliphatic carbocycles. The lowest BCUT2D eigenvalue weighted by atomic mass is 10.0. The molecule has 4 aromatic rings. The molecular weight excluding hydrogens is 493 g/mol. The molecule has 1 aliphatic rings. The summed E-state index contributed by atoms with van der Waals surface area (Å²) in [5.74, 6) is -0.904. The Morgan fingerprint density at radius 1 is 1.05 bits per heavy atom. The summed E-state index contributed by atoms with van der Waals surface area (Å²) in [6.07, 6.45) is -1.27. The number of furan rings is 1. The van der Waals surface area contributed by atoms with Crippen molar-refractivity contribution in [1.82, 2.24) is 0 Å². The number of nitrogens with zero attached hydrogens (tertiary/aromatic N) is 2. The van der Waals surface area contributed by atoms with Gasteiger partial charge in [0.2, 0.25) is 0 Å². The zero-order valence-electron chi connectivity index (χ0n) is 20.1. The number of halogens is 1. The Labute approximate surface area is 216 Å². The number of esters is 1. The van der Waals surface area contributed by atoms with Crippen LogP contribution < -0.4 is 15.4 Å². The van der Waals surface area contributed by atoms with Gasteiger partial charge in [-0.2, -0.15) is 5.26 Å². The summed E-state index contributed by atoms with van der Waals surface area (Å²) in [7, 11) is 0. The number of amides is 1. The fraction of sp³-hybridized carbons (Fsp3) is 0.179. The van der Waals surface area contributed by atoms with Gasteiger partial charge in [-0.15, -0.1) is 0 Å². The van der Waals surface area contributed by atoms with Gasteiger partial charge in [0, 0.05) is 30.1 Å². The number of anilines is 1. The Hall–Kier alpha value is -4.88. The molecule has 3 aromatic carbocycles. The molecule has 10 heteroatoms. The van der Waals surface area contributed by atoms with Gasteiger partial charge < -0.3 is 29.3 Å². The van der Waals surface area contributed by atoms with Crippen molar-refractivity contribution in [3.8, 4) is 23.1 Å². The van der Waals surface area contributed by atoms with Gasteiger partial charge in [0.25, 0.3) is 0 Å². The number of nitrogens with two attached hydrogens (primary N) is 1. The van der Waals surface area contributed by atoms with E-state index in [1.54, 1.807) is 36.4 Å². The van der Waals surface area contributed by atoms with Gasteiger partial charge in [0.05, 0.1) is 30.5 Å². The SMILES string of the molecule is N#Cc1ccc(COc2cc3c(C(=O)OC(N)=O)c(-c4ccc(F)cc4)oc3cc2N2CCOCC2)cc1. The van der Waals surface area contributed by atoms with E-state index in [4.69, 9.17) is 29.6 Å². The molecule has 9 nitrogen and oxygen atoms in total. The first-order chi connectivity index (χ1) is 18.4. The molecule has 1 aliphatic heterocycles. The van der Waals surface area contributed by atoms with E-state index >= 15 is 0 Å². The average Bonchev–Trinajstić information content (AvgIpc) is 3.30. The molecule has 0 unspecified atom stereocenters. The molecule has 1 fully saturated rings. The van der Waals surface area contributed by atoms with Crippen LogP contribution in [0.2, 0.25) is 0 Å². The van der Waals surface area contributed by atoms with Crippen LogP contribution in [0.1, 0.15) is 21.5 Å². The molecule has 192 valence electrons. The van der Waals surface area contributed by atoms with E-state index in [2.05, 4.69) is 11.0 Å². The summed E-state index contributed by atoms with van der Waals surface area (Å²) in [6.45, 7) is 2.48. The van der Waals surface area contributed by atoms with Crippen molar-refractivity contribution in [2.45, 2.75) is 6.61 Å². The van der Waals surface area contributed by atoms with Crippen LogP contribution in [0.4, 0.5) is 14.9 Å². The van der Waals surface area contributed by atoms with E-state index in [0.29, 0.717) is 54.1 Å². The minimum Gasteiger partial charge on any atom is -0.487 e. The van der Waals surface area contributed by atoms with Crippen molar-refractivity contribution in [3.05, 3.63) is 83.2 Å². The zero-order valence-corrected chi connectivity index (χ0v) is 20.1. The summed E-state index contributed by atoms with van der Waals surface area (Å²) < 4.78 is 36.1. The second-order valence-corrected chi connectivity index (χ2v) is 8.53. The van der Waals surface area contributed by atoms with Crippen LogP contribution in [0.5, 0.6) is 5.75 Å². The fourth-order valence-corrected chi connectivity index (χ4v) is 4.27. The minimum absolute atomic E-state index is 0.0397. The maximum Gasteiger partial charge on any atom is 0.412 e. The Morgan fingerprint density at radius 3 is 2.42 bits per heavy atom. The average molecular weight is 515 g/mol. The lowest BCUT2D eigenvalue weighted by molar-refractivity contribution is 0.0640. The van der Waals surface area contributed by atoms with Crippen molar-refractivity contribution in [2.75, 3.05) is 31.2 Å². The van der Waals surface area contributed by atoms with E-state index in [9.17, 15) is 14.0 Å². The Bertz CT molecular complexity index is 1530. The van der Waals surface area contributed by atoms with Crippen LogP contribution in [-0.4, -0.2) is 38.4 Å². The highest BCUT2D eigenvalue weighted by atomic mass is 19.1. The molecule has 0 bridgehead atoms. The van der Waals surface area contributed by atoms with Crippen molar-refractivity contribution in [2.24, 2.45) is 5.73 Å². The first-order valence-corrected chi connectivity index (χ1v) is 11.8. The van der Waals surface area contributed by atoms with Gasteiger partial charge >= 0.3 is 12.1 Å². The van der Waals surface area contributed by atoms with Crippen LogP contribution in [0, 0.1) is 17.1 Å². The Morgan fingerprint density at radius 2 is 1.76 bits per heavy atom. The third-order valence-corrected chi connectivity index (χ3v) is 6.10. The zero-order chi connectivity index (χ0) is 26.6. The molecule has 0 atom stereocenters. The van der Waals surface area contributed by atoms with E-state index in [-0.39, 0.29) is 17.9 Å². The normalized spacial score (nSPS) is 13.2. The molecule has 1 saturated heterocycles. The van der Waals surface area contributed by atoms with Gasteiger partial charge in [0.15, 0.2) is 0 Å². The Kier molecular flexibility index (Phi) is 6.93. The molecule has 1 aromatic heterocycles. The van der Waals surface area contributed by atoms with Crippen LogP contribution >= 0.6 is 0 Å². The first-order valence-electron chi connectivity index (χ1n) is 11.8. The van der Waals surface area contributed by atoms with Crippen molar-refractivity contribution in [1.29, 1.82) is 5.26 Å². The summed E-state index contributed by atoms with van der Waals surface area (Å²) in [5, 5.41) is 9.39. The third kappa shape index (κ3) is 5.14. The third-order valence-electron chi connectivity index (χ3n) is 6.10. The van der Waals surface area contributed by atoms with Gasteiger partial charge in [-0.1, -0.05) is 12.1 Å². The second kappa shape index (κ2) is 10.6. The lowest BCUT2D eigenvalue weighted by Crippen LogP contribution is -2.36. The van der Waals surface area contributed by atoms with Crippen LogP contribution in [0.25, 0.3) is 22.3 Å². The predicted molar refractivity (Wildman–Crippen MR) is 135 cm³/mol. The number of hydrogen-bond acceptors (Lipinski definition) is 8. The summed E-state index contributed by atoms with van der Waals surface area (Å²) in [5.41, 5.74) is 7.92. The number of primary amides is 1. The fourth-order valence-electron chi connectivity index (χ4n) is 4.27. The molecule has 2 heterocycles. The van der Waals surface area contributed by atoms with E-state index < -0.39 is 17.9 Å². The quantitative estimate of drug-likeness (QED) is 0.288. The number of benzene rings is 3. The van der Waals surface area contributed by atoms with Crippen molar-refractivity contribution >= 4 is 28.7 Å². The minimum atomic E-state index is -1.27. The van der Waals surface area contributed by atoms with Crippen molar-refractivity contribution in [3.63, 3.8) is 0 Å². The molecule has 0 spiro atoms. The highest BCUT2D eigenvalue weighted by Gasteiger charge is 2.28. The molecule has 2 N–H and O–H groups in total. The van der Waals surface area contributed by atoms with Crippen LogP contribution in [-0.2, 0) is 16.1 Å². The number of nitriles is 1. The van der Waals surface area contributed by atoms with E-state index in [1.807, 2.05) is 0 Å². The Balaban J connectivity index is 1.63. The number of morpholine rings is 1. The number of ether oxygens (including phenoxy) is 3. The van der Waals surface area contributed by atoms with E-state index in [1.165, 1.54) is 24.3 Å². The van der Waals surface area contributed by atoms with Crippen LogP contribution in [0.3, 0.4) is 0 Å². The second-order valence-electron chi connectivity index (χ2n) is 8.53. The number of fused-ring (bicyclic) bond motifs is 1. The topological polar surface area (TPSA) is 128 Å². The molecule has 0 radical (unpaired) electrons. The largest absolute Gasteiger partial charge is 0.487 e. The molecule has 5 rings (SSSR count). The molecule has 0 saturated carbocycles. The number of carbonyl (C=O) groups excluding carboxylic acids is 2. The van der Waals surface area contributed by atoms with Gasteiger partial charge in [0.1, 0.15) is 35.1 Å². The van der Waals surface area contributed by atoms with Gasteiger partial charge in [-0.3, -0.25) is 0 Å². The summed E-state index contributed by atoms with van der Waals surface area (Å²) in [4.78, 5) is 26.5. The first kappa shape index (κ1) is 24.8. The standard InChI is InChI=1S/C28H22FN3O6/c29-20-7-5-19(6-8-20)26-25(27(33)38-28(31)34)21-13-24(36-16-18-3-1-17(15-30)2-4-18)22(14-23(21)37-26)32-9-11-35-12-10-32/h1-8,13-14H,9-12,16H2,(H2,31,34). The number of carbonyl (C=O) groups is 2. The van der Waals surface area contributed by atoms with Crippen molar-refractivity contribution < 1.29 is 32.6 Å². The highest BCUT2D eigenvalue weighted by molar-refractivity contribution is 6.12. The smallest absolute Gasteiger partial charge is 0.412 e.